The number of nitrogens with zero attached hydrogens (tertiary/aromatic N) is 2. The first-order chi connectivity index (χ1) is 7.13. The number of likely N-dealkylation sites (N-methyl/N-ethyl adjacent to an activating group) is 2. The molecule has 0 amide bonds. The Morgan fingerprint density at radius 2 is 2.33 bits per heavy atom. The molecule has 1 fully saturated rings. The second-order valence-corrected chi connectivity index (χ2v) is 4.37. The lowest BCUT2D eigenvalue weighted by Crippen LogP contribution is -2.37. The smallest absolute Gasteiger partial charge is 0.306 e. The van der Waals surface area contributed by atoms with Crippen LogP contribution in [-0.2, 0) is 9.53 Å². The number of methoxy groups -OCH3 is 1. The standard InChI is InChI=1S/C11H22N2O2/c1-12(8-6-11(14)15-3)9-10-5-4-7-13(10)2/h10H,4-9H2,1-3H3. The molecule has 0 aromatic heterocycles. The number of hydrogen-bond donors (Lipinski definition) is 0. The molecule has 0 spiro atoms. The molecule has 1 heterocycles. The first kappa shape index (κ1) is 12.5. The van der Waals surface area contributed by atoms with Gasteiger partial charge in [0, 0.05) is 19.1 Å². The fourth-order valence-corrected chi connectivity index (χ4v) is 2.05. The molecule has 0 saturated carbocycles. The van der Waals surface area contributed by atoms with Crippen molar-refractivity contribution in [3.8, 4) is 0 Å². The van der Waals surface area contributed by atoms with Crippen LogP contribution in [0.4, 0.5) is 0 Å². The minimum atomic E-state index is -0.123. The molecule has 0 aromatic carbocycles. The van der Waals surface area contributed by atoms with Crippen LogP contribution in [0.5, 0.6) is 0 Å². The van der Waals surface area contributed by atoms with Crippen molar-refractivity contribution in [3.63, 3.8) is 0 Å². The van der Waals surface area contributed by atoms with E-state index in [0.29, 0.717) is 12.5 Å². The summed E-state index contributed by atoms with van der Waals surface area (Å²) in [5, 5.41) is 0. The van der Waals surface area contributed by atoms with Crippen LogP contribution < -0.4 is 0 Å². The van der Waals surface area contributed by atoms with Gasteiger partial charge in [-0.3, -0.25) is 4.79 Å². The Labute approximate surface area is 92.2 Å². The van der Waals surface area contributed by atoms with Crippen LogP contribution in [0, 0.1) is 0 Å². The van der Waals surface area contributed by atoms with Crippen molar-refractivity contribution in [1.82, 2.24) is 9.80 Å². The number of rotatable bonds is 5. The fraction of sp³-hybridized carbons (Fsp3) is 0.909. The van der Waals surface area contributed by atoms with Gasteiger partial charge in [0.15, 0.2) is 0 Å². The van der Waals surface area contributed by atoms with Crippen LogP contribution in [-0.4, -0.2) is 62.7 Å². The zero-order valence-electron chi connectivity index (χ0n) is 10.0. The van der Waals surface area contributed by atoms with Crippen LogP contribution in [0.15, 0.2) is 0 Å². The number of hydrogen-bond acceptors (Lipinski definition) is 4. The Kier molecular flexibility index (Phi) is 5.05. The van der Waals surface area contributed by atoms with Crippen molar-refractivity contribution in [2.24, 2.45) is 0 Å². The lowest BCUT2D eigenvalue weighted by Gasteiger charge is -2.25. The van der Waals surface area contributed by atoms with Gasteiger partial charge < -0.3 is 14.5 Å². The summed E-state index contributed by atoms with van der Waals surface area (Å²) in [4.78, 5) is 15.6. The molecule has 0 aliphatic carbocycles. The van der Waals surface area contributed by atoms with Crippen molar-refractivity contribution in [2.45, 2.75) is 25.3 Å². The topological polar surface area (TPSA) is 32.8 Å². The molecule has 1 unspecified atom stereocenters. The van der Waals surface area contributed by atoms with E-state index in [4.69, 9.17) is 0 Å². The third-order valence-electron chi connectivity index (χ3n) is 3.12. The van der Waals surface area contributed by atoms with Crippen LogP contribution in [0.1, 0.15) is 19.3 Å². The number of ether oxygens (including phenoxy) is 1. The SMILES string of the molecule is COC(=O)CCN(C)CC1CCCN1C. The molecule has 88 valence electrons. The molecule has 1 atom stereocenters. The number of carbonyl (C=O) groups is 1. The van der Waals surface area contributed by atoms with E-state index in [9.17, 15) is 4.79 Å². The van der Waals surface area contributed by atoms with Crippen LogP contribution in [0.3, 0.4) is 0 Å². The van der Waals surface area contributed by atoms with Crippen molar-refractivity contribution in [2.75, 3.05) is 40.8 Å². The monoisotopic (exact) mass is 214 g/mol. The van der Waals surface area contributed by atoms with Gasteiger partial charge in [0.2, 0.25) is 0 Å². The largest absolute Gasteiger partial charge is 0.469 e. The normalized spacial score (nSPS) is 22.3. The Balaban J connectivity index is 2.17. The summed E-state index contributed by atoms with van der Waals surface area (Å²) in [5.41, 5.74) is 0. The van der Waals surface area contributed by atoms with Gasteiger partial charge in [0.1, 0.15) is 0 Å². The van der Waals surface area contributed by atoms with E-state index < -0.39 is 0 Å². The van der Waals surface area contributed by atoms with Gasteiger partial charge in [-0.2, -0.15) is 0 Å². The summed E-state index contributed by atoms with van der Waals surface area (Å²) in [5.74, 6) is -0.123. The molecule has 1 rings (SSSR count). The Morgan fingerprint density at radius 3 is 2.87 bits per heavy atom. The summed E-state index contributed by atoms with van der Waals surface area (Å²) in [6.45, 7) is 3.04. The van der Waals surface area contributed by atoms with Gasteiger partial charge in [-0.15, -0.1) is 0 Å². The first-order valence-corrected chi connectivity index (χ1v) is 5.59. The molecule has 0 aromatic rings. The molecule has 4 heteroatoms. The highest BCUT2D eigenvalue weighted by atomic mass is 16.5. The summed E-state index contributed by atoms with van der Waals surface area (Å²) >= 11 is 0. The van der Waals surface area contributed by atoms with Crippen molar-refractivity contribution >= 4 is 5.97 Å². The van der Waals surface area contributed by atoms with E-state index in [1.54, 1.807) is 0 Å². The molecular weight excluding hydrogens is 192 g/mol. The average Bonchev–Trinajstić information content (AvgIpc) is 2.61. The second kappa shape index (κ2) is 6.08. The summed E-state index contributed by atoms with van der Waals surface area (Å²) < 4.78 is 4.62. The maximum absolute atomic E-state index is 11.0. The molecule has 0 bridgehead atoms. The van der Waals surface area contributed by atoms with Crippen LogP contribution >= 0.6 is 0 Å². The molecule has 4 nitrogen and oxygen atoms in total. The quantitative estimate of drug-likeness (QED) is 0.627. The maximum Gasteiger partial charge on any atom is 0.306 e. The fourth-order valence-electron chi connectivity index (χ4n) is 2.05. The molecule has 0 N–H and O–H groups in total. The second-order valence-electron chi connectivity index (χ2n) is 4.37. The van der Waals surface area contributed by atoms with E-state index >= 15 is 0 Å². The minimum Gasteiger partial charge on any atom is -0.469 e. The molecule has 1 aliphatic rings. The predicted octanol–water partition coefficient (Wildman–Crippen LogP) is 0.575. The van der Waals surface area contributed by atoms with E-state index in [0.717, 1.165) is 13.1 Å². The highest BCUT2D eigenvalue weighted by molar-refractivity contribution is 5.69. The summed E-state index contributed by atoms with van der Waals surface area (Å²) in [7, 11) is 5.67. The van der Waals surface area contributed by atoms with Crippen LogP contribution in [0.2, 0.25) is 0 Å². The van der Waals surface area contributed by atoms with Crippen molar-refractivity contribution in [1.29, 1.82) is 0 Å². The van der Waals surface area contributed by atoms with Gasteiger partial charge in [-0.25, -0.2) is 0 Å². The predicted molar refractivity (Wildman–Crippen MR) is 59.8 cm³/mol. The van der Waals surface area contributed by atoms with Crippen molar-refractivity contribution in [3.05, 3.63) is 0 Å². The van der Waals surface area contributed by atoms with E-state index in [1.165, 1.54) is 26.5 Å². The Morgan fingerprint density at radius 1 is 1.60 bits per heavy atom. The Hall–Kier alpha value is -0.610. The Bertz CT molecular complexity index is 209. The van der Waals surface area contributed by atoms with Gasteiger partial charge in [0.25, 0.3) is 0 Å². The summed E-state index contributed by atoms with van der Waals surface area (Å²) in [6.07, 6.45) is 3.06. The molecule has 15 heavy (non-hydrogen) atoms. The van der Waals surface area contributed by atoms with Crippen LogP contribution in [0.25, 0.3) is 0 Å². The number of likely N-dealkylation sites (tertiary alicyclic amines) is 1. The van der Waals surface area contributed by atoms with Gasteiger partial charge in [0.05, 0.1) is 13.5 Å². The average molecular weight is 214 g/mol. The highest BCUT2D eigenvalue weighted by Crippen LogP contribution is 2.15. The zero-order valence-corrected chi connectivity index (χ0v) is 10.0. The number of carbonyl (C=O) groups excluding carboxylic acids is 1. The van der Waals surface area contributed by atoms with Gasteiger partial charge >= 0.3 is 5.97 Å². The van der Waals surface area contributed by atoms with E-state index in [-0.39, 0.29) is 5.97 Å². The first-order valence-electron chi connectivity index (χ1n) is 5.59. The van der Waals surface area contributed by atoms with E-state index in [2.05, 4.69) is 28.6 Å². The molecule has 1 aliphatic heterocycles. The van der Waals surface area contributed by atoms with E-state index in [1.807, 2.05) is 0 Å². The van der Waals surface area contributed by atoms with Gasteiger partial charge in [-0.1, -0.05) is 0 Å². The van der Waals surface area contributed by atoms with Gasteiger partial charge in [-0.05, 0) is 33.5 Å². The van der Waals surface area contributed by atoms with Crippen molar-refractivity contribution < 1.29 is 9.53 Å². The minimum absolute atomic E-state index is 0.123. The maximum atomic E-state index is 11.0. The lowest BCUT2D eigenvalue weighted by molar-refractivity contribution is -0.140. The molecule has 1 saturated heterocycles. The third kappa shape index (κ3) is 4.18. The number of esters is 1. The highest BCUT2D eigenvalue weighted by Gasteiger charge is 2.21. The summed E-state index contributed by atoms with van der Waals surface area (Å²) in [6, 6.07) is 0.660. The molecule has 0 radical (unpaired) electrons. The third-order valence-corrected chi connectivity index (χ3v) is 3.12. The molecular formula is C11H22N2O2. The zero-order chi connectivity index (χ0) is 11.3. The lowest BCUT2D eigenvalue weighted by atomic mass is 10.2.